The molecule has 0 radical (unpaired) electrons. The van der Waals surface area contributed by atoms with Gasteiger partial charge in [-0.3, -0.25) is 0 Å². The molecule has 0 saturated carbocycles. The lowest BCUT2D eigenvalue weighted by molar-refractivity contribution is -0.142. The van der Waals surface area contributed by atoms with E-state index >= 15 is 0 Å². The molecule has 0 saturated heterocycles. The smallest absolute Gasteiger partial charge is 0.331 e. The number of carbonyl (C=O) groups excluding carboxylic acids is 1. The van der Waals surface area contributed by atoms with Gasteiger partial charge in [-0.05, 0) is 20.3 Å². The molecule has 0 aromatic rings. The van der Waals surface area contributed by atoms with Crippen LogP contribution in [0.4, 0.5) is 0 Å². The van der Waals surface area contributed by atoms with Gasteiger partial charge in [0.1, 0.15) is 6.61 Å². The molecule has 0 aliphatic heterocycles. The Kier molecular flexibility index (Phi) is 12.7. The quantitative estimate of drug-likeness (QED) is 0.240. The van der Waals surface area contributed by atoms with E-state index in [-0.39, 0.29) is 18.8 Å². The third kappa shape index (κ3) is 13.4. The molecule has 0 aliphatic rings. The van der Waals surface area contributed by atoms with Crippen LogP contribution in [0, 0.1) is 11.3 Å². The van der Waals surface area contributed by atoms with Crippen LogP contribution in [0.3, 0.4) is 0 Å². The highest BCUT2D eigenvalue weighted by Gasteiger charge is 2.09. The zero-order valence-electron chi connectivity index (χ0n) is 13.3. The summed E-state index contributed by atoms with van der Waals surface area (Å²) in [7, 11) is 0. The van der Waals surface area contributed by atoms with Gasteiger partial charge in [0.25, 0.3) is 0 Å². The number of carbonyl (C=O) groups is 1. The molecule has 2 atom stereocenters. The van der Waals surface area contributed by atoms with Crippen molar-refractivity contribution in [2.75, 3.05) is 19.8 Å². The lowest BCUT2D eigenvalue weighted by atomic mass is 10.2. The van der Waals surface area contributed by atoms with Crippen LogP contribution in [0.2, 0.25) is 0 Å². The van der Waals surface area contributed by atoms with Gasteiger partial charge in [0.2, 0.25) is 0 Å². The molecule has 5 nitrogen and oxygen atoms in total. The average Bonchev–Trinajstić information content (AvgIpc) is 2.48. The van der Waals surface area contributed by atoms with Gasteiger partial charge < -0.3 is 14.2 Å². The van der Waals surface area contributed by atoms with Crippen LogP contribution in [-0.2, 0) is 19.0 Å². The fraction of sp³-hybridized carbons (Fsp3) is 0.750. The molecule has 0 spiro atoms. The lowest BCUT2D eigenvalue weighted by Crippen LogP contribution is -2.24. The summed E-state index contributed by atoms with van der Waals surface area (Å²) in [5, 5.41) is 8.27. The molecule has 5 heteroatoms. The van der Waals surface area contributed by atoms with Crippen LogP contribution in [0.25, 0.3) is 0 Å². The van der Waals surface area contributed by atoms with Crippen molar-refractivity contribution in [1.82, 2.24) is 0 Å². The highest BCUT2D eigenvalue weighted by Crippen LogP contribution is 2.02. The second-order valence-electron chi connectivity index (χ2n) is 4.98. The normalized spacial score (nSPS) is 13.8. The minimum atomic E-state index is -0.535. The van der Waals surface area contributed by atoms with E-state index in [9.17, 15) is 4.79 Å². The Morgan fingerprint density at radius 3 is 2.52 bits per heavy atom. The molecule has 21 heavy (non-hydrogen) atoms. The SMILES string of the molecule is CCCCCCOC(C)COC(C)COC(=O)C=CC#N. The van der Waals surface area contributed by atoms with Crippen LogP contribution < -0.4 is 0 Å². The predicted octanol–water partition coefficient (Wildman–Crippen LogP) is 3.00. The van der Waals surface area contributed by atoms with Crippen molar-refractivity contribution in [3.63, 3.8) is 0 Å². The number of hydrogen-bond acceptors (Lipinski definition) is 5. The molecule has 0 N–H and O–H groups in total. The summed E-state index contributed by atoms with van der Waals surface area (Å²) in [6, 6.07) is 1.73. The largest absolute Gasteiger partial charge is 0.460 e. The maximum atomic E-state index is 11.1. The molecule has 120 valence electrons. The zero-order chi connectivity index (χ0) is 15.9. The Balaban J connectivity index is 3.59. The summed E-state index contributed by atoms with van der Waals surface area (Å²) in [6.45, 7) is 7.37. The van der Waals surface area contributed by atoms with Crippen LogP contribution in [0.1, 0.15) is 46.5 Å². The van der Waals surface area contributed by atoms with E-state index in [1.165, 1.54) is 19.3 Å². The molecular formula is C16H27NO4. The van der Waals surface area contributed by atoms with Gasteiger partial charge in [-0.25, -0.2) is 4.79 Å². The molecular weight excluding hydrogens is 270 g/mol. The molecule has 2 unspecified atom stereocenters. The van der Waals surface area contributed by atoms with Crippen LogP contribution >= 0.6 is 0 Å². The van der Waals surface area contributed by atoms with E-state index in [1.54, 1.807) is 6.07 Å². The van der Waals surface area contributed by atoms with Crippen molar-refractivity contribution >= 4 is 5.97 Å². The Labute approximate surface area is 127 Å². The molecule has 0 aromatic carbocycles. The first-order valence-corrected chi connectivity index (χ1v) is 7.56. The van der Waals surface area contributed by atoms with Crippen molar-refractivity contribution in [3.05, 3.63) is 12.2 Å². The van der Waals surface area contributed by atoms with Gasteiger partial charge in [-0.15, -0.1) is 0 Å². The number of nitriles is 1. The lowest BCUT2D eigenvalue weighted by Gasteiger charge is -2.17. The Hall–Kier alpha value is -1.38. The molecule has 0 heterocycles. The number of unbranched alkanes of at least 4 members (excludes halogenated alkanes) is 3. The third-order valence-electron chi connectivity index (χ3n) is 2.77. The second kappa shape index (κ2) is 13.6. The zero-order valence-corrected chi connectivity index (χ0v) is 13.3. The van der Waals surface area contributed by atoms with Gasteiger partial charge >= 0.3 is 5.97 Å². The van der Waals surface area contributed by atoms with E-state index in [2.05, 4.69) is 6.92 Å². The molecule has 0 amide bonds. The highest BCUT2D eigenvalue weighted by molar-refractivity contribution is 5.82. The fourth-order valence-electron chi connectivity index (χ4n) is 1.56. The Morgan fingerprint density at radius 2 is 1.86 bits per heavy atom. The maximum Gasteiger partial charge on any atom is 0.331 e. The summed E-state index contributed by atoms with van der Waals surface area (Å²) in [5.41, 5.74) is 0. The summed E-state index contributed by atoms with van der Waals surface area (Å²) in [6.07, 6.45) is 6.76. The first kappa shape index (κ1) is 19.6. The number of allylic oxidation sites excluding steroid dienone is 1. The van der Waals surface area contributed by atoms with E-state index in [0.717, 1.165) is 25.2 Å². The molecule has 0 bridgehead atoms. The van der Waals surface area contributed by atoms with Crippen molar-refractivity contribution in [1.29, 1.82) is 5.26 Å². The standard InChI is InChI=1S/C16H27NO4/c1-4-5-6-7-11-19-14(2)12-20-15(3)13-21-16(18)9-8-10-17/h8-9,14-15H,4-7,11-13H2,1-3H3. The second-order valence-corrected chi connectivity index (χ2v) is 4.98. The number of rotatable bonds is 12. The monoisotopic (exact) mass is 297 g/mol. The van der Waals surface area contributed by atoms with Gasteiger partial charge in [0.05, 0.1) is 24.9 Å². The first-order chi connectivity index (χ1) is 10.1. The predicted molar refractivity (Wildman–Crippen MR) is 80.7 cm³/mol. The Bertz CT molecular complexity index is 336. The number of nitrogens with zero attached hydrogens (tertiary/aromatic N) is 1. The van der Waals surface area contributed by atoms with Crippen molar-refractivity contribution < 1.29 is 19.0 Å². The summed E-state index contributed by atoms with van der Waals surface area (Å²) >= 11 is 0. The van der Waals surface area contributed by atoms with Gasteiger partial charge in [0, 0.05) is 18.8 Å². The topological polar surface area (TPSA) is 68.6 Å². The minimum absolute atomic E-state index is 0.0308. The van der Waals surface area contributed by atoms with Crippen LogP contribution in [0.5, 0.6) is 0 Å². The minimum Gasteiger partial charge on any atom is -0.460 e. The summed E-state index contributed by atoms with van der Waals surface area (Å²) in [4.78, 5) is 11.1. The number of esters is 1. The first-order valence-electron chi connectivity index (χ1n) is 7.56. The van der Waals surface area contributed by atoms with E-state index < -0.39 is 5.97 Å². The average molecular weight is 297 g/mol. The highest BCUT2D eigenvalue weighted by atomic mass is 16.6. The van der Waals surface area contributed by atoms with Gasteiger partial charge in [-0.1, -0.05) is 26.2 Å². The Morgan fingerprint density at radius 1 is 1.14 bits per heavy atom. The molecule has 0 fully saturated rings. The van der Waals surface area contributed by atoms with Gasteiger partial charge in [0.15, 0.2) is 0 Å². The molecule has 0 rings (SSSR count). The van der Waals surface area contributed by atoms with Crippen LogP contribution in [0.15, 0.2) is 12.2 Å². The van der Waals surface area contributed by atoms with E-state index in [1.807, 2.05) is 13.8 Å². The summed E-state index contributed by atoms with van der Waals surface area (Å²) in [5.74, 6) is -0.535. The maximum absolute atomic E-state index is 11.1. The van der Waals surface area contributed by atoms with Crippen molar-refractivity contribution in [2.24, 2.45) is 0 Å². The van der Waals surface area contributed by atoms with E-state index in [0.29, 0.717) is 6.61 Å². The van der Waals surface area contributed by atoms with Crippen LogP contribution in [-0.4, -0.2) is 38.0 Å². The third-order valence-corrected chi connectivity index (χ3v) is 2.77. The number of ether oxygens (including phenoxy) is 3. The van der Waals surface area contributed by atoms with Crippen molar-refractivity contribution in [2.45, 2.75) is 58.7 Å². The number of hydrogen-bond donors (Lipinski definition) is 0. The molecule has 0 aliphatic carbocycles. The molecule has 0 aromatic heterocycles. The van der Waals surface area contributed by atoms with E-state index in [4.69, 9.17) is 19.5 Å². The fourth-order valence-corrected chi connectivity index (χ4v) is 1.56. The van der Waals surface area contributed by atoms with Crippen molar-refractivity contribution in [3.8, 4) is 6.07 Å². The summed E-state index contributed by atoms with van der Waals surface area (Å²) < 4.78 is 16.1. The van der Waals surface area contributed by atoms with Gasteiger partial charge in [-0.2, -0.15) is 5.26 Å².